The third-order valence-corrected chi connectivity index (χ3v) is 5.30. The third kappa shape index (κ3) is 5.34. The first-order valence-electron chi connectivity index (χ1n) is 10.3. The molecular weight excluding hydrogens is 386 g/mol. The van der Waals surface area contributed by atoms with Gasteiger partial charge in [-0.2, -0.15) is 0 Å². The van der Waals surface area contributed by atoms with Crippen molar-refractivity contribution in [2.24, 2.45) is 4.99 Å². The molecule has 0 heterocycles. The number of aromatic hydroxyl groups is 1. The average molecular weight is 416 g/mol. The van der Waals surface area contributed by atoms with Crippen molar-refractivity contribution >= 4 is 11.9 Å². The Labute approximate surface area is 184 Å². The summed E-state index contributed by atoms with van der Waals surface area (Å²) in [6, 6.07) is 21.3. The van der Waals surface area contributed by atoms with Crippen LogP contribution in [0.15, 0.2) is 84.4 Å². The van der Waals surface area contributed by atoms with Crippen LogP contribution in [0.5, 0.6) is 17.2 Å². The van der Waals surface area contributed by atoms with E-state index in [0.29, 0.717) is 17.9 Å². The van der Waals surface area contributed by atoms with E-state index in [0.717, 1.165) is 29.0 Å². The van der Waals surface area contributed by atoms with Gasteiger partial charge in [-0.1, -0.05) is 50.3 Å². The molecule has 0 radical (unpaired) electrons. The van der Waals surface area contributed by atoms with Crippen molar-refractivity contribution in [1.29, 1.82) is 0 Å². The van der Waals surface area contributed by atoms with E-state index in [2.05, 4.69) is 37.6 Å². The Morgan fingerprint density at radius 1 is 1.00 bits per heavy atom. The van der Waals surface area contributed by atoms with Gasteiger partial charge in [0.05, 0.1) is 19.4 Å². The van der Waals surface area contributed by atoms with Crippen LogP contribution < -0.4 is 9.47 Å². The number of phenols is 1. The zero-order valence-electron chi connectivity index (χ0n) is 18.3. The fraction of sp³-hybridized carbons (Fsp3) is 0.222. The second-order valence-corrected chi connectivity index (χ2v) is 7.78. The molecule has 0 amide bonds. The maximum absolute atomic E-state index is 11.1. The Hall–Kier alpha value is -3.53. The predicted octanol–water partition coefficient (Wildman–Crippen LogP) is 6.43. The monoisotopic (exact) mass is 415 g/mol. The van der Waals surface area contributed by atoms with Gasteiger partial charge in [0.25, 0.3) is 0 Å². The van der Waals surface area contributed by atoms with Crippen LogP contribution in [0.4, 0.5) is 5.69 Å². The first-order chi connectivity index (χ1) is 15.0. The van der Waals surface area contributed by atoms with Crippen molar-refractivity contribution in [3.8, 4) is 17.2 Å². The molecule has 31 heavy (non-hydrogen) atoms. The molecule has 4 nitrogen and oxygen atoms in total. The summed E-state index contributed by atoms with van der Waals surface area (Å²) in [7, 11) is 1.62. The van der Waals surface area contributed by atoms with Gasteiger partial charge in [-0.15, -0.1) is 6.58 Å². The van der Waals surface area contributed by atoms with E-state index in [1.54, 1.807) is 19.4 Å². The highest BCUT2D eigenvalue weighted by atomic mass is 16.5. The van der Waals surface area contributed by atoms with Crippen molar-refractivity contribution in [2.45, 2.75) is 25.7 Å². The number of nitrogens with zero attached hydrogens (tertiary/aromatic N) is 1. The quantitative estimate of drug-likeness (QED) is 0.249. The molecule has 0 spiro atoms. The topological polar surface area (TPSA) is 51.0 Å². The molecule has 3 aromatic carbocycles. The van der Waals surface area contributed by atoms with Crippen LogP contribution in [0, 0.1) is 0 Å². The fourth-order valence-electron chi connectivity index (χ4n) is 3.37. The molecule has 3 rings (SSSR count). The van der Waals surface area contributed by atoms with Crippen molar-refractivity contribution in [1.82, 2.24) is 0 Å². The molecule has 160 valence electrons. The Balaban J connectivity index is 1.90. The molecule has 0 aliphatic carbocycles. The predicted molar refractivity (Wildman–Crippen MR) is 127 cm³/mol. The number of ether oxygens (including phenoxy) is 2. The number of hydrogen-bond acceptors (Lipinski definition) is 4. The van der Waals surface area contributed by atoms with Crippen molar-refractivity contribution in [3.05, 3.63) is 96.1 Å². The molecule has 0 atom stereocenters. The first-order valence-corrected chi connectivity index (χ1v) is 10.3. The van der Waals surface area contributed by atoms with Gasteiger partial charge < -0.3 is 14.6 Å². The van der Waals surface area contributed by atoms with Gasteiger partial charge in [0.1, 0.15) is 17.2 Å². The minimum atomic E-state index is -0.410. The molecule has 0 aromatic heterocycles. The van der Waals surface area contributed by atoms with Gasteiger partial charge in [-0.3, -0.25) is 4.99 Å². The Morgan fingerprint density at radius 2 is 1.71 bits per heavy atom. The van der Waals surface area contributed by atoms with Crippen LogP contribution in [0.25, 0.3) is 0 Å². The van der Waals surface area contributed by atoms with E-state index in [-0.39, 0.29) is 5.75 Å². The summed E-state index contributed by atoms with van der Waals surface area (Å²) in [5.41, 5.74) is 2.85. The van der Waals surface area contributed by atoms with E-state index in [1.165, 1.54) is 0 Å². The number of rotatable bonds is 9. The normalized spacial score (nSPS) is 11.5. The van der Waals surface area contributed by atoms with E-state index in [4.69, 9.17) is 9.47 Å². The van der Waals surface area contributed by atoms with Crippen LogP contribution in [0.2, 0.25) is 0 Å². The SMILES string of the molecule is C=CCCOc1ccc(N=Cc2cc(OC)cc(C(C)(C)c3ccccc3)c2O)cc1. The number of phenolic OH excluding ortho intramolecular Hbond substituents is 1. The second kappa shape index (κ2) is 9.98. The summed E-state index contributed by atoms with van der Waals surface area (Å²) in [4.78, 5) is 4.53. The first kappa shape index (κ1) is 22.2. The van der Waals surface area contributed by atoms with Crippen molar-refractivity contribution in [2.75, 3.05) is 13.7 Å². The lowest BCUT2D eigenvalue weighted by atomic mass is 9.77. The van der Waals surface area contributed by atoms with Gasteiger partial charge in [-0.25, -0.2) is 0 Å². The highest BCUT2D eigenvalue weighted by Gasteiger charge is 2.28. The van der Waals surface area contributed by atoms with E-state index >= 15 is 0 Å². The van der Waals surface area contributed by atoms with Crippen molar-refractivity contribution < 1.29 is 14.6 Å². The molecule has 3 aromatic rings. The van der Waals surface area contributed by atoms with Crippen molar-refractivity contribution in [3.63, 3.8) is 0 Å². The maximum atomic E-state index is 11.1. The number of hydrogen-bond donors (Lipinski definition) is 1. The second-order valence-electron chi connectivity index (χ2n) is 7.78. The lowest BCUT2D eigenvalue weighted by Gasteiger charge is -2.28. The molecule has 1 N–H and O–H groups in total. The largest absolute Gasteiger partial charge is 0.507 e. The molecule has 4 heteroatoms. The zero-order valence-corrected chi connectivity index (χ0v) is 18.3. The highest BCUT2D eigenvalue weighted by Crippen LogP contribution is 2.40. The minimum Gasteiger partial charge on any atom is -0.507 e. The molecule has 0 fully saturated rings. The van der Waals surface area contributed by atoms with Crippen LogP contribution in [0.1, 0.15) is 37.0 Å². The van der Waals surface area contributed by atoms with E-state index in [9.17, 15) is 5.11 Å². The maximum Gasteiger partial charge on any atom is 0.128 e. The number of aliphatic imine (C=N–C) groups is 1. The minimum absolute atomic E-state index is 0.197. The Morgan fingerprint density at radius 3 is 2.35 bits per heavy atom. The molecule has 0 aliphatic heterocycles. The zero-order chi connectivity index (χ0) is 22.3. The highest BCUT2D eigenvalue weighted by molar-refractivity contribution is 5.87. The van der Waals surface area contributed by atoms with Crippen LogP contribution in [0.3, 0.4) is 0 Å². The molecular formula is C27H29NO3. The lowest BCUT2D eigenvalue weighted by molar-refractivity contribution is 0.325. The fourth-order valence-corrected chi connectivity index (χ4v) is 3.37. The van der Waals surface area contributed by atoms with Gasteiger partial charge in [0.2, 0.25) is 0 Å². The Bertz CT molecular complexity index is 1040. The lowest BCUT2D eigenvalue weighted by Crippen LogP contribution is -2.19. The summed E-state index contributed by atoms with van der Waals surface area (Å²) in [5.74, 6) is 1.66. The van der Waals surface area contributed by atoms with Gasteiger partial charge in [0.15, 0.2) is 0 Å². The van der Waals surface area contributed by atoms with Gasteiger partial charge >= 0.3 is 0 Å². The number of benzene rings is 3. The average Bonchev–Trinajstić information content (AvgIpc) is 2.80. The Kier molecular flexibility index (Phi) is 7.14. The summed E-state index contributed by atoms with van der Waals surface area (Å²) < 4.78 is 11.1. The number of methoxy groups -OCH3 is 1. The summed E-state index contributed by atoms with van der Waals surface area (Å²) in [6.45, 7) is 8.46. The molecule has 0 bridgehead atoms. The smallest absolute Gasteiger partial charge is 0.128 e. The summed E-state index contributed by atoms with van der Waals surface area (Å²) in [5, 5.41) is 11.1. The van der Waals surface area contributed by atoms with E-state index in [1.807, 2.05) is 54.6 Å². The molecule has 0 aliphatic rings. The van der Waals surface area contributed by atoms with Crippen LogP contribution >= 0.6 is 0 Å². The molecule has 0 unspecified atom stereocenters. The van der Waals surface area contributed by atoms with Gasteiger partial charge in [-0.05, 0) is 48.4 Å². The van der Waals surface area contributed by atoms with Crippen LogP contribution in [-0.4, -0.2) is 25.0 Å². The summed E-state index contributed by atoms with van der Waals surface area (Å²) in [6.07, 6.45) is 4.29. The van der Waals surface area contributed by atoms with Gasteiger partial charge in [0, 0.05) is 22.8 Å². The standard InChI is InChI=1S/C27H29NO3/c1-5-6-16-31-23-14-12-22(13-15-23)28-19-20-17-24(30-4)18-25(26(20)29)27(2,3)21-10-8-7-9-11-21/h5,7-15,17-19,29H,1,6,16H2,2-4H3. The summed E-state index contributed by atoms with van der Waals surface area (Å²) >= 11 is 0. The molecule has 0 saturated heterocycles. The third-order valence-electron chi connectivity index (χ3n) is 5.30. The van der Waals surface area contributed by atoms with Crippen LogP contribution in [-0.2, 0) is 5.41 Å². The van der Waals surface area contributed by atoms with E-state index < -0.39 is 5.41 Å². The molecule has 0 saturated carbocycles.